The Balaban J connectivity index is 2.09. The van der Waals surface area contributed by atoms with E-state index in [0.29, 0.717) is 17.4 Å². The van der Waals surface area contributed by atoms with Gasteiger partial charge in [0.15, 0.2) is 0 Å². The van der Waals surface area contributed by atoms with E-state index in [2.05, 4.69) is 25.2 Å². The van der Waals surface area contributed by atoms with Gasteiger partial charge in [-0.15, -0.1) is 0 Å². The van der Waals surface area contributed by atoms with Crippen LogP contribution in [0.5, 0.6) is 23.0 Å². The van der Waals surface area contributed by atoms with Crippen LogP contribution in [0.1, 0.15) is 36.6 Å². The summed E-state index contributed by atoms with van der Waals surface area (Å²) < 4.78 is 17.2. The van der Waals surface area contributed by atoms with Crippen LogP contribution in [0.15, 0.2) is 30.3 Å². The Kier molecular flexibility index (Phi) is 5.24. The van der Waals surface area contributed by atoms with Crippen LogP contribution in [0, 0.1) is 6.92 Å². The third-order valence-electron chi connectivity index (χ3n) is 5.98. The summed E-state index contributed by atoms with van der Waals surface area (Å²) in [5.41, 5.74) is 4.87. The summed E-state index contributed by atoms with van der Waals surface area (Å²) in [6, 6.07) is 10.3. The molecule has 2 unspecified atom stereocenters. The molecule has 3 aromatic rings. The molecule has 30 heavy (non-hydrogen) atoms. The summed E-state index contributed by atoms with van der Waals surface area (Å²) >= 11 is 0. The van der Waals surface area contributed by atoms with Gasteiger partial charge in [-0.1, -0.05) is 6.07 Å². The number of aromatic hydroxyl groups is 1. The summed E-state index contributed by atoms with van der Waals surface area (Å²) in [7, 11) is 4.98. The number of hydrogen-bond acceptors (Lipinski definition) is 5. The Morgan fingerprint density at radius 3 is 2.37 bits per heavy atom. The van der Waals surface area contributed by atoms with Crippen molar-refractivity contribution >= 4 is 10.8 Å². The molecular formula is C25H29NO4. The minimum atomic E-state index is 0.124. The average Bonchev–Trinajstić information content (AvgIpc) is 2.71. The van der Waals surface area contributed by atoms with E-state index in [4.69, 9.17) is 14.2 Å². The van der Waals surface area contributed by atoms with Crippen molar-refractivity contribution in [3.8, 4) is 34.1 Å². The maximum atomic E-state index is 11.1. The molecule has 0 saturated carbocycles. The minimum Gasteiger partial charge on any atom is -0.507 e. The van der Waals surface area contributed by atoms with Gasteiger partial charge in [-0.25, -0.2) is 0 Å². The molecule has 1 heterocycles. The number of hydrogen-bond donors (Lipinski definition) is 2. The van der Waals surface area contributed by atoms with E-state index in [1.165, 1.54) is 0 Å². The number of phenolic OH excluding ortho intramolecular Hbond substituents is 1. The van der Waals surface area contributed by atoms with Gasteiger partial charge >= 0.3 is 0 Å². The van der Waals surface area contributed by atoms with Crippen molar-refractivity contribution in [1.82, 2.24) is 5.32 Å². The summed E-state index contributed by atoms with van der Waals surface area (Å²) in [6.07, 6.45) is 0.847. The largest absolute Gasteiger partial charge is 0.507 e. The Morgan fingerprint density at radius 1 is 0.967 bits per heavy atom. The van der Waals surface area contributed by atoms with Crippen molar-refractivity contribution in [3.05, 3.63) is 47.0 Å². The van der Waals surface area contributed by atoms with E-state index in [9.17, 15) is 5.11 Å². The van der Waals surface area contributed by atoms with Crippen LogP contribution in [0.2, 0.25) is 0 Å². The lowest BCUT2D eigenvalue weighted by Gasteiger charge is -2.32. The molecule has 158 valence electrons. The van der Waals surface area contributed by atoms with Gasteiger partial charge in [0.2, 0.25) is 0 Å². The van der Waals surface area contributed by atoms with Crippen LogP contribution in [0.4, 0.5) is 0 Å². The third-order valence-corrected chi connectivity index (χ3v) is 5.98. The number of ether oxygens (including phenoxy) is 3. The van der Waals surface area contributed by atoms with Crippen molar-refractivity contribution in [3.63, 3.8) is 0 Å². The Morgan fingerprint density at radius 2 is 1.70 bits per heavy atom. The highest BCUT2D eigenvalue weighted by molar-refractivity contribution is 6.06. The number of benzene rings is 3. The molecule has 0 saturated heterocycles. The monoisotopic (exact) mass is 407 g/mol. The number of rotatable bonds is 4. The second kappa shape index (κ2) is 7.73. The summed E-state index contributed by atoms with van der Waals surface area (Å²) in [6.45, 7) is 6.32. The van der Waals surface area contributed by atoms with Crippen molar-refractivity contribution in [2.75, 3.05) is 21.3 Å². The third kappa shape index (κ3) is 3.14. The lowest BCUT2D eigenvalue weighted by molar-refractivity contribution is 0.378. The Hall–Kier alpha value is -2.92. The zero-order valence-corrected chi connectivity index (χ0v) is 18.4. The van der Waals surface area contributed by atoms with E-state index in [-0.39, 0.29) is 11.8 Å². The molecule has 0 fully saturated rings. The predicted octanol–water partition coefficient (Wildman–Crippen LogP) is 5.14. The van der Waals surface area contributed by atoms with E-state index < -0.39 is 0 Å². The second-order valence-corrected chi connectivity index (χ2v) is 8.08. The highest BCUT2D eigenvalue weighted by atomic mass is 16.5. The lowest BCUT2D eigenvalue weighted by Crippen LogP contribution is -2.36. The maximum Gasteiger partial charge on any atom is 0.135 e. The van der Waals surface area contributed by atoms with Crippen LogP contribution < -0.4 is 19.5 Å². The topological polar surface area (TPSA) is 60.0 Å². The van der Waals surface area contributed by atoms with Gasteiger partial charge in [-0.3, -0.25) is 0 Å². The fraction of sp³-hybridized carbons (Fsp3) is 0.360. The molecule has 2 atom stereocenters. The number of methoxy groups -OCH3 is 3. The number of aryl methyl sites for hydroxylation is 1. The van der Waals surface area contributed by atoms with E-state index in [1.807, 2.05) is 31.2 Å². The normalized spacial score (nSPS) is 18.2. The molecule has 0 amide bonds. The zero-order valence-electron chi connectivity index (χ0n) is 18.4. The van der Waals surface area contributed by atoms with Crippen LogP contribution in [-0.2, 0) is 6.42 Å². The minimum absolute atomic E-state index is 0.124. The molecule has 2 N–H and O–H groups in total. The smallest absolute Gasteiger partial charge is 0.135 e. The Bertz CT molecular complexity index is 1120. The predicted molar refractivity (Wildman–Crippen MR) is 120 cm³/mol. The summed E-state index contributed by atoms with van der Waals surface area (Å²) in [5, 5.41) is 16.5. The van der Waals surface area contributed by atoms with Crippen LogP contribution >= 0.6 is 0 Å². The fourth-order valence-electron chi connectivity index (χ4n) is 4.83. The average molecular weight is 408 g/mol. The van der Waals surface area contributed by atoms with E-state index >= 15 is 0 Å². The Labute approximate surface area is 177 Å². The van der Waals surface area contributed by atoms with Crippen LogP contribution in [0.3, 0.4) is 0 Å². The van der Waals surface area contributed by atoms with Crippen molar-refractivity contribution in [1.29, 1.82) is 0 Å². The molecule has 0 aromatic heterocycles. The van der Waals surface area contributed by atoms with Crippen molar-refractivity contribution in [2.24, 2.45) is 0 Å². The van der Waals surface area contributed by atoms with Gasteiger partial charge in [0.05, 0.1) is 32.3 Å². The molecule has 1 aliphatic rings. The molecule has 4 rings (SSSR count). The van der Waals surface area contributed by atoms with Crippen LogP contribution in [0.25, 0.3) is 21.9 Å². The molecule has 0 spiro atoms. The van der Waals surface area contributed by atoms with Gasteiger partial charge in [-0.2, -0.15) is 0 Å². The maximum absolute atomic E-state index is 11.1. The quantitative estimate of drug-likeness (QED) is 0.627. The first-order valence-corrected chi connectivity index (χ1v) is 10.2. The first-order chi connectivity index (χ1) is 14.4. The molecule has 0 aliphatic carbocycles. The fourth-order valence-corrected chi connectivity index (χ4v) is 4.83. The number of phenols is 1. The highest BCUT2D eigenvalue weighted by Gasteiger charge is 2.29. The highest BCUT2D eigenvalue weighted by Crippen LogP contribution is 2.50. The van der Waals surface area contributed by atoms with Gasteiger partial charge in [0.1, 0.15) is 23.0 Å². The SMILES string of the molecule is COc1c(-c2ccc(OC)c3c(OC)cc(C)cc23)c(O)cc2c1C(C)NC(C)C2. The molecule has 3 aromatic carbocycles. The first-order valence-electron chi connectivity index (χ1n) is 10.2. The molecule has 0 radical (unpaired) electrons. The molecule has 1 aliphatic heterocycles. The van der Waals surface area contributed by atoms with Gasteiger partial charge < -0.3 is 24.6 Å². The standard InChI is InChI=1S/C25H29NO4/c1-13-9-18-17(7-8-20(28-4)24(18)21(10-13)29-5)23-19(27)12-16-11-14(2)26-15(3)22(16)25(23)30-6/h7-10,12,14-15,26-27H,11H2,1-6H3. The first kappa shape index (κ1) is 20.4. The van der Waals surface area contributed by atoms with Gasteiger partial charge in [-0.05, 0) is 73.5 Å². The van der Waals surface area contributed by atoms with Crippen LogP contribution in [-0.4, -0.2) is 32.5 Å². The zero-order chi connectivity index (χ0) is 21.6. The summed E-state index contributed by atoms with van der Waals surface area (Å²) in [4.78, 5) is 0. The molecule has 0 bridgehead atoms. The van der Waals surface area contributed by atoms with Gasteiger partial charge in [0, 0.05) is 17.6 Å². The molecule has 5 nitrogen and oxygen atoms in total. The van der Waals surface area contributed by atoms with Crippen molar-refractivity contribution < 1.29 is 19.3 Å². The van der Waals surface area contributed by atoms with Gasteiger partial charge in [0.25, 0.3) is 0 Å². The van der Waals surface area contributed by atoms with E-state index in [1.54, 1.807) is 21.3 Å². The number of fused-ring (bicyclic) bond motifs is 2. The van der Waals surface area contributed by atoms with Crippen molar-refractivity contribution in [2.45, 2.75) is 39.3 Å². The van der Waals surface area contributed by atoms with E-state index in [0.717, 1.165) is 50.9 Å². The summed E-state index contributed by atoms with van der Waals surface area (Å²) in [5.74, 6) is 2.40. The lowest BCUT2D eigenvalue weighted by atomic mass is 9.85. The molecule has 5 heteroatoms. The number of nitrogens with one attached hydrogen (secondary N) is 1. The second-order valence-electron chi connectivity index (χ2n) is 8.08. The molecular weight excluding hydrogens is 378 g/mol.